The third-order valence-corrected chi connectivity index (χ3v) is 3.84. The van der Waals surface area contributed by atoms with Gasteiger partial charge in [0, 0.05) is 34.0 Å². The smallest absolute Gasteiger partial charge is 0.0515 e. The number of hydrogen-bond donors (Lipinski definition) is 2. The first kappa shape index (κ1) is 11.0. The molecule has 90 valence electrons. The van der Waals surface area contributed by atoms with Crippen LogP contribution in [-0.4, -0.2) is 4.98 Å². The van der Waals surface area contributed by atoms with Gasteiger partial charge in [-0.05, 0) is 29.0 Å². The molecule has 0 aliphatic heterocycles. The molecule has 1 aromatic carbocycles. The van der Waals surface area contributed by atoms with E-state index in [-0.39, 0.29) is 0 Å². The highest BCUT2D eigenvalue weighted by Gasteiger charge is 2.03. The Morgan fingerprint density at radius 2 is 2.17 bits per heavy atom. The Labute approximate surface area is 109 Å². The minimum Gasteiger partial charge on any atom is -0.398 e. The van der Waals surface area contributed by atoms with Crippen LogP contribution in [-0.2, 0) is 6.54 Å². The van der Waals surface area contributed by atoms with E-state index in [4.69, 9.17) is 5.73 Å². The summed E-state index contributed by atoms with van der Waals surface area (Å²) in [4.78, 5) is 5.34. The maximum absolute atomic E-state index is 5.88. The molecule has 0 saturated heterocycles. The van der Waals surface area contributed by atoms with E-state index in [0.29, 0.717) is 0 Å². The average Bonchev–Trinajstić information content (AvgIpc) is 2.82. The maximum atomic E-state index is 5.88. The lowest BCUT2D eigenvalue weighted by molar-refractivity contribution is 1.20. The van der Waals surface area contributed by atoms with Crippen molar-refractivity contribution in [3.05, 3.63) is 53.0 Å². The highest BCUT2D eigenvalue weighted by atomic mass is 32.1. The molecule has 3 aromatic rings. The molecule has 0 radical (unpaired) electrons. The molecule has 3 nitrogen and oxygen atoms in total. The Bertz CT molecular complexity index is 670. The normalized spacial score (nSPS) is 10.7. The summed E-state index contributed by atoms with van der Waals surface area (Å²) in [5.41, 5.74) is 7.82. The quantitative estimate of drug-likeness (QED) is 0.753. The zero-order valence-corrected chi connectivity index (χ0v) is 10.6. The Morgan fingerprint density at radius 1 is 1.22 bits per heavy atom. The molecule has 3 N–H and O–H groups in total. The first-order valence-electron chi connectivity index (χ1n) is 5.73. The number of aromatic nitrogens is 1. The molecule has 0 unspecified atom stereocenters. The van der Waals surface area contributed by atoms with Crippen LogP contribution in [0.25, 0.3) is 10.8 Å². The van der Waals surface area contributed by atoms with Crippen LogP contribution in [0.3, 0.4) is 0 Å². The Morgan fingerprint density at radius 3 is 3.00 bits per heavy atom. The summed E-state index contributed by atoms with van der Waals surface area (Å²) in [6, 6.07) is 10.1. The van der Waals surface area contributed by atoms with Crippen LogP contribution >= 0.6 is 11.3 Å². The van der Waals surface area contributed by atoms with Crippen molar-refractivity contribution in [3.8, 4) is 0 Å². The van der Waals surface area contributed by atoms with E-state index < -0.39 is 0 Å². The highest BCUT2D eigenvalue weighted by molar-refractivity contribution is 7.10. The summed E-state index contributed by atoms with van der Waals surface area (Å²) in [6.45, 7) is 0.748. The second kappa shape index (κ2) is 4.66. The number of thiophene rings is 1. The van der Waals surface area contributed by atoms with Gasteiger partial charge in [0.15, 0.2) is 0 Å². The molecule has 0 spiro atoms. The number of hydrogen-bond acceptors (Lipinski definition) is 4. The van der Waals surface area contributed by atoms with Crippen molar-refractivity contribution in [3.63, 3.8) is 0 Å². The Balaban J connectivity index is 1.89. The minimum absolute atomic E-state index is 0.748. The minimum atomic E-state index is 0.748. The first-order valence-corrected chi connectivity index (χ1v) is 6.61. The molecule has 18 heavy (non-hydrogen) atoms. The van der Waals surface area contributed by atoms with Crippen LogP contribution in [0.1, 0.15) is 4.88 Å². The van der Waals surface area contributed by atoms with Crippen LogP contribution in [0, 0.1) is 0 Å². The number of benzene rings is 1. The molecule has 0 bridgehead atoms. The van der Waals surface area contributed by atoms with E-state index >= 15 is 0 Å². The van der Waals surface area contributed by atoms with E-state index in [0.717, 1.165) is 28.2 Å². The van der Waals surface area contributed by atoms with Crippen molar-refractivity contribution in [2.24, 2.45) is 0 Å². The standard InChI is InChI=1S/C14H13N3S/c15-12-5-7-18-14(12)9-17-13-3-1-2-10-4-6-16-8-11(10)13/h1-8,17H,9,15H2. The maximum Gasteiger partial charge on any atom is 0.0515 e. The number of pyridine rings is 1. The largest absolute Gasteiger partial charge is 0.398 e. The third kappa shape index (κ3) is 2.02. The van der Waals surface area contributed by atoms with Crippen molar-refractivity contribution >= 4 is 33.5 Å². The van der Waals surface area contributed by atoms with E-state index in [9.17, 15) is 0 Å². The number of nitrogens with zero attached hydrogens (tertiary/aromatic N) is 1. The topological polar surface area (TPSA) is 50.9 Å². The van der Waals surface area contributed by atoms with Gasteiger partial charge in [0.1, 0.15) is 0 Å². The molecule has 0 amide bonds. The van der Waals surface area contributed by atoms with Crippen LogP contribution in [0.5, 0.6) is 0 Å². The number of nitrogen functional groups attached to an aromatic ring is 1. The number of rotatable bonds is 3. The summed E-state index contributed by atoms with van der Waals surface area (Å²) in [6.07, 6.45) is 3.69. The Kier molecular flexibility index (Phi) is 2.86. The molecule has 0 aliphatic rings. The van der Waals surface area contributed by atoms with Gasteiger partial charge < -0.3 is 11.1 Å². The van der Waals surface area contributed by atoms with Gasteiger partial charge in [-0.2, -0.15) is 0 Å². The van der Waals surface area contributed by atoms with Gasteiger partial charge in [-0.3, -0.25) is 4.98 Å². The lowest BCUT2D eigenvalue weighted by atomic mass is 10.1. The first-order chi connectivity index (χ1) is 8.84. The lowest BCUT2D eigenvalue weighted by Gasteiger charge is -2.08. The van der Waals surface area contributed by atoms with Gasteiger partial charge in [-0.15, -0.1) is 11.3 Å². The lowest BCUT2D eigenvalue weighted by Crippen LogP contribution is -2.00. The zero-order valence-electron chi connectivity index (χ0n) is 9.76. The third-order valence-electron chi connectivity index (χ3n) is 2.90. The molecule has 2 heterocycles. The van der Waals surface area contributed by atoms with Gasteiger partial charge >= 0.3 is 0 Å². The van der Waals surface area contributed by atoms with E-state index in [1.807, 2.05) is 36.0 Å². The molecule has 4 heteroatoms. The molecule has 3 rings (SSSR count). The predicted molar refractivity (Wildman–Crippen MR) is 77.8 cm³/mol. The van der Waals surface area contributed by atoms with Crippen molar-refractivity contribution in [1.29, 1.82) is 0 Å². The molecule has 0 aliphatic carbocycles. The van der Waals surface area contributed by atoms with Gasteiger partial charge in [0.05, 0.1) is 6.54 Å². The summed E-state index contributed by atoms with van der Waals surface area (Å²) < 4.78 is 0. The van der Waals surface area contributed by atoms with Crippen LogP contribution in [0.2, 0.25) is 0 Å². The van der Waals surface area contributed by atoms with Gasteiger partial charge in [0.25, 0.3) is 0 Å². The number of nitrogens with one attached hydrogen (secondary N) is 1. The zero-order chi connectivity index (χ0) is 12.4. The molecular formula is C14H13N3S. The van der Waals surface area contributed by atoms with E-state index in [2.05, 4.69) is 22.4 Å². The fourth-order valence-corrected chi connectivity index (χ4v) is 2.68. The highest BCUT2D eigenvalue weighted by Crippen LogP contribution is 2.25. The molecule has 0 atom stereocenters. The van der Waals surface area contributed by atoms with Crippen LogP contribution in [0.4, 0.5) is 11.4 Å². The summed E-state index contributed by atoms with van der Waals surface area (Å²) in [5.74, 6) is 0. The van der Waals surface area contributed by atoms with Gasteiger partial charge in [0.2, 0.25) is 0 Å². The van der Waals surface area contributed by atoms with E-state index in [1.54, 1.807) is 11.3 Å². The molecule has 2 aromatic heterocycles. The van der Waals surface area contributed by atoms with Gasteiger partial charge in [-0.1, -0.05) is 12.1 Å². The van der Waals surface area contributed by atoms with Crippen LogP contribution < -0.4 is 11.1 Å². The summed E-state index contributed by atoms with van der Waals surface area (Å²) in [7, 11) is 0. The molecule has 0 fully saturated rings. The van der Waals surface area contributed by atoms with E-state index in [1.165, 1.54) is 5.39 Å². The van der Waals surface area contributed by atoms with Crippen molar-refractivity contribution < 1.29 is 0 Å². The molecular weight excluding hydrogens is 242 g/mol. The molecule has 0 saturated carbocycles. The average molecular weight is 255 g/mol. The monoisotopic (exact) mass is 255 g/mol. The SMILES string of the molecule is Nc1ccsc1CNc1cccc2ccncc12. The van der Waals surface area contributed by atoms with Crippen LogP contribution in [0.15, 0.2) is 48.1 Å². The van der Waals surface area contributed by atoms with Crippen molar-refractivity contribution in [1.82, 2.24) is 4.98 Å². The number of nitrogens with two attached hydrogens (primary N) is 1. The summed E-state index contributed by atoms with van der Waals surface area (Å²) >= 11 is 1.67. The number of anilines is 2. The number of fused-ring (bicyclic) bond motifs is 1. The fraction of sp³-hybridized carbons (Fsp3) is 0.0714. The summed E-state index contributed by atoms with van der Waals surface area (Å²) in [5, 5.41) is 7.76. The van der Waals surface area contributed by atoms with Gasteiger partial charge in [-0.25, -0.2) is 0 Å². The van der Waals surface area contributed by atoms with Crippen molar-refractivity contribution in [2.45, 2.75) is 6.54 Å². The Hall–Kier alpha value is -2.07. The second-order valence-electron chi connectivity index (χ2n) is 4.06. The fourth-order valence-electron chi connectivity index (χ4n) is 1.94. The predicted octanol–water partition coefficient (Wildman–Crippen LogP) is 3.49. The van der Waals surface area contributed by atoms with Crippen molar-refractivity contribution in [2.75, 3.05) is 11.1 Å². The second-order valence-corrected chi connectivity index (χ2v) is 5.06.